The molecule has 0 unspecified atom stereocenters. The van der Waals surface area contributed by atoms with Crippen molar-refractivity contribution in [1.82, 2.24) is 20.2 Å². The molecule has 9 heteroatoms. The fourth-order valence-corrected chi connectivity index (χ4v) is 2.83. The number of rotatable bonds is 8. The smallest absolute Gasteiger partial charge is 0.249 e. The molecular weight excluding hydrogens is 362 g/mol. The molecule has 0 radical (unpaired) electrons. The normalized spacial score (nSPS) is 11.5. The number of tetrazole rings is 1. The number of aromatic nitrogens is 4. The lowest BCUT2D eigenvalue weighted by Gasteiger charge is -2.18. The second kappa shape index (κ2) is 8.85. The minimum absolute atomic E-state index is 0.273. The number of anilines is 1. The van der Waals surface area contributed by atoms with Gasteiger partial charge in [-0.3, -0.25) is 4.79 Å². The van der Waals surface area contributed by atoms with Crippen molar-refractivity contribution in [2.24, 2.45) is 0 Å². The van der Waals surface area contributed by atoms with E-state index >= 15 is 0 Å². The van der Waals surface area contributed by atoms with Crippen LogP contribution in [0.5, 0.6) is 17.2 Å². The van der Waals surface area contributed by atoms with E-state index in [2.05, 4.69) is 20.8 Å². The van der Waals surface area contributed by atoms with Crippen LogP contribution in [0, 0.1) is 0 Å². The van der Waals surface area contributed by atoms with Crippen LogP contribution >= 0.6 is 0 Å². The zero-order valence-corrected chi connectivity index (χ0v) is 15.8. The first-order chi connectivity index (χ1) is 13.7. The van der Waals surface area contributed by atoms with Gasteiger partial charge in [0.2, 0.25) is 11.7 Å². The van der Waals surface area contributed by atoms with E-state index in [1.165, 1.54) is 32.3 Å². The molecule has 146 valence electrons. The Morgan fingerprint density at radius 3 is 2.29 bits per heavy atom. The van der Waals surface area contributed by atoms with Crippen LogP contribution in [-0.4, -0.2) is 47.4 Å². The van der Waals surface area contributed by atoms with Gasteiger partial charge in [0.25, 0.3) is 0 Å². The van der Waals surface area contributed by atoms with Crippen LogP contribution in [0.2, 0.25) is 0 Å². The van der Waals surface area contributed by atoms with Crippen LogP contribution < -0.4 is 19.5 Å². The van der Waals surface area contributed by atoms with E-state index in [1.807, 2.05) is 30.3 Å². The third-order valence-corrected chi connectivity index (χ3v) is 4.19. The van der Waals surface area contributed by atoms with Crippen molar-refractivity contribution < 1.29 is 19.0 Å². The third-order valence-electron chi connectivity index (χ3n) is 4.19. The van der Waals surface area contributed by atoms with Crippen molar-refractivity contribution in [2.75, 3.05) is 26.6 Å². The number of carbonyl (C=O) groups excluding carboxylic acids is 1. The molecule has 0 bridgehead atoms. The van der Waals surface area contributed by atoms with Gasteiger partial charge in [0.05, 0.1) is 21.3 Å². The number of hydrogen-bond donors (Lipinski definition) is 1. The molecule has 1 N–H and O–H groups in total. The molecule has 3 aromatic rings. The second-order valence-corrected chi connectivity index (χ2v) is 5.90. The van der Waals surface area contributed by atoms with Crippen LogP contribution in [0.25, 0.3) is 0 Å². The SMILES string of the molecule is COc1cc(NC(=O)[C@@H](Cc2ccccc2)n2cnnn2)cc(OC)c1OC. The average Bonchev–Trinajstić information content (AvgIpc) is 3.26. The Morgan fingerprint density at radius 1 is 1.07 bits per heavy atom. The highest BCUT2D eigenvalue weighted by Crippen LogP contribution is 2.40. The standard InChI is InChI=1S/C19H21N5O4/c1-26-16-10-14(11-17(27-2)18(16)28-3)21-19(25)15(24-12-20-22-23-24)9-13-7-5-4-6-8-13/h4-8,10-12,15H,9H2,1-3H3,(H,21,25)/t15-/m1/s1. The summed E-state index contributed by atoms with van der Waals surface area (Å²) in [6.07, 6.45) is 1.85. The van der Waals surface area contributed by atoms with Gasteiger partial charge in [-0.1, -0.05) is 30.3 Å². The molecule has 1 heterocycles. The molecular formula is C19H21N5O4. The zero-order valence-electron chi connectivity index (χ0n) is 15.8. The van der Waals surface area contributed by atoms with Gasteiger partial charge in [0.15, 0.2) is 11.5 Å². The van der Waals surface area contributed by atoms with Crippen molar-refractivity contribution >= 4 is 11.6 Å². The van der Waals surface area contributed by atoms with E-state index in [0.717, 1.165) is 5.56 Å². The van der Waals surface area contributed by atoms with Crippen molar-refractivity contribution in [3.8, 4) is 17.2 Å². The average molecular weight is 383 g/mol. The largest absolute Gasteiger partial charge is 0.493 e. The molecule has 0 aliphatic rings. The van der Waals surface area contributed by atoms with Gasteiger partial charge in [-0.15, -0.1) is 5.10 Å². The summed E-state index contributed by atoms with van der Waals surface area (Å²) in [6, 6.07) is 12.4. The predicted octanol–water partition coefficient (Wildman–Crippen LogP) is 2.12. The molecule has 0 aliphatic carbocycles. The number of ether oxygens (including phenoxy) is 3. The van der Waals surface area contributed by atoms with Crippen molar-refractivity contribution in [2.45, 2.75) is 12.5 Å². The molecule has 0 saturated heterocycles. The first-order valence-corrected chi connectivity index (χ1v) is 8.53. The fourth-order valence-electron chi connectivity index (χ4n) is 2.83. The molecule has 9 nitrogen and oxygen atoms in total. The summed E-state index contributed by atoms with van der Waals surface area (Å²) >= 11 is 0. The predicted molar refractivity (Wildman–Crippen MR) is 102 cm³/mol. The second-order valence-electron chi connectivity index (χ2n) is 5.90. The third kappa shape index (κ3) is 4.20. The summed E-state index contributed by atoms with van der Waals surface area (Å²) in [5.41, 5.74) is 1.49. The van der Waals surface area contributed by atoms with Gasteiger partial charge >= 0.3 is 0 Å². The Labute approximate surface area is 162 Å². The number of methoxy groups -OCH3 is 3. The van der Waals surface area contributed by atoms with E-state index in [9.17, 15) is 4.79 Å². The van der Waals surface area contributed by atoms with Crippen molar-refractivity contribution in [1.29, 1.82) is 0 Å². The Morgan fingerprint density at radius 2 is 1.75 bits per heavy atom. The van der Waals surface area contributed by atoms with E-state index < -0.39 is 6.04 Å². The van der Waals surface area contributed by atoms with E-state index in [0.29, 0.717) is 29.4 Å². The molecule has 1 amide bonds. The summed E-state index contributed by atoms with van der Waals surface area (Å²) < 4.78 is 17.4. The van der Waals surface area contributed by atoms with Gasteiger partial charge < -0.3 is 19.5 Å². The summed E-state index contributed by atoms with van der Waals surface area (Å²) in [5, 5.41) is 14.1. The quantitative estimate of drug-likeness (QED) is 0.636. The first kappa shape index (κ1) is 19.2. The minimum atomic E-state index is -0.628. The minimum Gasteiger partial charge on any atom is -0.493 e. The number of benzene rings is 2. The molecule has 2 aromatic carbocycles. The summed E-state index contributed by atoms with van der Waals surface area (Å²) in [6.45, 7) is 0. The Balaban J connectivity index is 1.88. The molecule has 1 aromatic heterocycles. The maximum Gasteiger partial charge on any atom is 0.249 e. The molecule has 0 spiro atoms. The lowest BCUT2D eigenvalue weighted by atomic mass is 10.1. The number of amides is 1. The van der Waals surface area contributed by atoms with Crippen LogP contribution in [-0.2, 0) is 11.2 Å². The maximum absolute atomic E-state index is 13.0. The van der Waals surface area contributed by atoms with Crippen LogP contribution in [0.1, 0.15) is 11.6 Å². The number of hydrogen-bond acceptors (Lipinski definition) is 7. The maximum atomic E-state index is 13.0. The van der Waals surface area contributed by atoms with Crippen LogP contribution in [0.4, 0.5) is 5.69 Å². The van der Waals surface area contributed by atoms with Gasteiger partial charge in [0, 0.05) is 24.2 Å². The highest BCUT2D eigenvalue weighted by atomic mass is 16.5. The van der Waals surface area contributed by atoms with Gasteiger partial charge in [-0.05, 0) is 16.0 Å². The summed E-state index contributed by atoms with van der Waals surface area (Å²) in [4.78, 5) is 13.0. The van der Waals surface area contributed by atoms with Crippen LogP contribution in [0.3, 0.4) is 0 Å². The van der Waals surface area contributed by atoms with Gasteiger partial charge in [-0.25, -0.2) is 4.68 Å². The number of nitrogens with one attached hydrogen (secondary N) is 1. The van der Waals surface area contributed by atoms with E-state index in [4.69, 9.17) is 14.2 Å². The highest BCUT2D eigenvalue weighted by Gasteiger charge is 2.23. The monoisotopic (exact) mass is 383 g/mol. The lowest BCUT2D eigenvalue weighted by Crippen LogP contribution is -2.28. The Hall–Kier alpha value is -3.62. The van der Waals surface area contributed by atoms with Gasteiger partial charge in [-0.2, -0.15) is 0 Å². The highest BCUT2D eigenvalue weighted by molar-refractivity contribution is 5.94. The molecule has 1 atom stereocenters. The topological polar surface area (TPSA) is 100 Å². The van der Waals surface area contributed by atoms with Crippen LogP contribution in [0.15, 0.2) is 48.8 Å². The van der Waals surface area contributed by atoms with Gasteiger partial charge in [0.1, 0.15) is 12.4 Å². The Bertz CT molecular complexity index is 890. The molecule has 0 saturated carbocycles. The van der Waals surface area contributed by atoms with Crippen molar-refractivity contribution in [3.05, 3.63) is 54.4 Å². The molecule has 0 aliphatic heterocycles. The lowest BCUT2D eigenvalue weighted by molar-refractivity contribution is -0.119. The summed E-state index contributed by atoms with van der Waals surface area (Å²) in [7, 11) is 4.55. The summed E-state index contributed by atoms with van der Waals surface area (Å²) in [5.74, 6) is 1.06. The molecule has 28 heavy (non-hydrogen) atoms. The molecule has 0 fully saturated rings. The van der Waals surface area contributed by atoms with E-state index in [-0.39, 0.29) is 5.91 Å². The Kier molecular flexibility index (Phi) is 6.05. The number of nitrogens with zero attached hydrogens (tertiary/aromatic N) is 4. The van der Waals surface area contributed by atoms with E-state index in [1.54, 1.807) is 12.1 Å². The molecule has 3 rings (SSSR count). The number of carbonyl (C=O) groups is 1. The van der Waals surface area contributed by atoms with Crippen molar-refractivity contribution in [3.63, 3.8) is 0 Å². The first-order valence-electron chi connectivity index (χ1n) is 8.53. The zero-order chi connectivity index (χ0) is 19.9. The fraction of sp³-hybridized carbons (Fsp3) is 0.263.